The number of nitrogens with two attached hydrogens (primary N) is 1. The number of nitrogens with one attached hydrogen (secondary N) is 2. The van der Waals surface area contributed by atoms with E-state index in [0.717, 1.165) is 37.2 Å². The zero-order valence-electron chi connectivity index (χ0n) is 16.5. The number of nitrogen functional groups attached to an aromatic ring is 1. The number of hydrogen-bond donors (Lipinski definition) is 3. The zero-order valence-corrected chi connectivity index (χ0v) is 16.5. The number of hydrogen-bond acceptors (Lipinski definition) is 5. The second kappa shape index (κ2) is 8.13. The van der Waals surface area contributed by atoms with Crippen molar-refractivity contribution in [1.29, 1.82) is 0 Å². The number of anilines is 3. The molecule has 0 bridgehead atoms. The van der Waals surface area contributed by atoms with Crippen LogP contribution in [0.3, 0.4) is 0 Å². The van der Waals surface area contributed by atoms with E-state index in [9.17, 15) is 9.59 Å². The molecule has 2 fully saturated rings. The molecule has 1 saturated heterocycles. The van der Waals surface area contributed by atoms with Crippen molar-refractivity contribution in [2.75, 3.05) is 42.3 Å². The Morgan fingerprint density at radius 3 is 2.55 bits per heavy atom. The molecule has 1 saturated carbocycles. The van der Waals surface area contributed by atoms with Crippen LogP contribution >= 0.6 is 0 Å². The first-order chi connectivity index (χ1) is 14.0. The maximum absolute atomic E-state index is 13.0. The lowest BCUT2D eigenvalue weighted by molar-refractivity contribution is 0.0949. The number of morpholine rings is 1. The van der Waals surface area contributed by atoms with E-state index in [2.05, 4.69) is 15.5 Å². The molecule has 1 aliphatic heterocycles. The minimum Gasteiger partial charge on any atom is -0.398 e. The second-order valence-corrected chi connectivity index (χ2v) is 7.60. The van der Waals surface area contributed by atoms with Gasteiger partial charge in [0.15, 0.2) is 0 Å². The van der Waals surface area contributed by atoms with Gasteiger partial charge in [-0.3, -0.25) is 9.59 Å². The Morgan fingerprint density at radius 1 is 1.07 bits per heavy atom. The molecule has 0 unspecified atom stereocenters. The predicted molar refractivity (Wildman–Crippen MR) is 114 cm³/mol. The highest BCUT2D eigenvalue weighted by Crippen LogP contribution is 2.25. The van der Waals surface area contributed by atoms with Crippen LogP contribution in [0.1, 0.15) is 39.1 Å². The summed E-state index contributed by atoms with van der Waals surface area (Å²) in [6.45, 7) is 4.79. The standard InChI is InChI=1S/C22H26N4O3/c1-14-2-3-15(21(27)24-16-4-5-16)12-20(14)25-22(28)18-13-17(6-7-19(18)23)26-8-10-29-11-9-26/h2-3,6-7,12-13,16H,4-5,8-11,23H2,1H3,(H,24,27)(H,25,28). The number of aryl methyl sites for hydroxylation is 1. The van der Waals surface area contributed by atoms with Crippen LogP contribution in [0, 0.1) is 6.92 Å². The molecule has 2 aromatic carbocycles. The third-order valence-electron chi connectivity index (χ3n) is 5.32. The van der Waals surface area contributed by atoms with Gasteiger partial charge in [0.25, 0.3) is 11.8 Å². The van der Waals surface area contributed by atoms with Crippen molar-refractivity contribution in [2.24, 2.45) is 0 Å². The summed E-state index contributed by atoms with van der Waals surface area (Å²) in [5.41, 5.74) is 9.88. The summed E-state index contributed by atoms with van der Waals surface area (Å²) in [7, 11) is 0. The fraction of sp³-hybridized carbons (Fsp3) is 0.364. The molecular formula is C22H26N4O3. The molecule has 29 heavy (non-hydrogen) atoms. The van der Waals surface area contributed by atoms with Crippen LogP contribution in [0.15, 0.2) is 36.4 Å². The number of carbonyl (C=O) groups is 2. The van der Waals surface area contributed by atoms with E-state index in [0.29, 0.717) is 35.7 Å². The number of carbonyl (C=O) groups excluding carboxylic acids is 2. The number of benzene rings is 2. The molecule has 2 aliphatic rings. The highest BCUT2D eigenvalue weighted by atomic mass is 16.5. The van der Waals surface area contributed by atoms with Gasteiger partial charge in [0.1, 0.15) is 0 Å². The van der Waals surface area contributed by atoms with E-state index in [-0.39, 0.29) is 17.9 Å². The van der Waals surface area contributed by atoms with Gasteiger partial charge in [-0.2, -0.15) is 0 Å². The largest absolute Gasteiger partial charge is 0.398 e. The normalized spacial score (nSPS) is 16.4. The van der Waals surface area contributed by atoms with Crippen LogP contribution in [0.2, 0.25) is 0 Å². The van der Waals surface area contributed by atoms with E-state index in [1.807, 2.05) is 25.1 Å². The van der Waals surface area contributed by atoms with E-state index >= 15 is 0 Å². The molecule has 4 rings (SSSR count). The molecule has 152 valence electrons. The Balaban J connectivity index is 1.53. The molecule has 0 radical (unpaired) electrons. The molecule has 0 atom stereocenters. The average molecular weight is 394 g/mol. The second-order valence-electron chi connectivity index (χ2n) is 7.60. The van der Waals surface area contributed by atoms with Crippen LogP contribution in [0.4, 0.5) is 17.1 Å². The van der Waals surface area contributed by atoms with Crippen molar-refractivity contribution >= 4 is 28.9 Å². The van der Waals surface area contributed by atoms with E-state index in [1.165, 1.54) is 0 Å². The average Bonchev–Trinajstić information content (AvgIpc) is 3.54. The van der Waals surface area contributed by atoms with E-state index < -0.39 is 0 Å². The minimum absolute atomic E-state index is 0.114. The first-order valence-electron chi connectivity index (χ1n) is 9.96. The molecular weight excluding hydrogens is 368 g/mol. The summed E-state index contributed by atoms with van der Waals surface area (Å²) in [6.07, 6.45) is 2.06. The summed E-state index contributed by atoms with van der Waals surface area (Å²) in [6, 6.07) is 11.1. The summed E-state index contributed by atoms with van der Waals surface area (Å²) < 4.78 is 5.39. The van der Waals surface area contributed by atoms with Crippen LogP contribution in [-0.2, 0) is 4.74 Å². The highest BCUT2D eigenvalue weighted by Gasteiger charge is 2.24. The summed E-state index contributed by atoms with van der Waals surface area (Å²) in [5, 5.41) is 5.89. The van der Waals surface area contributed by atoms with Gasteiger partial charge in [0.05, 0.1) is 18.8 Å². The lowest BCUT2D eigenvalue weighted by Crippen LogP contribution is -2.36. The topological polar surface area (TPSA) is 96.7 Å². The SMILES string of the molecule is Cc1ccc(C(=O)NC2CC2)cc1NC(=O)c1cc(N2CCOCC2)ccc1N. The van der Waals surface area contributed by atoms with Crippen molar-refractivity contribution in [3.8, 4) is 0 Å². The summed E-state index contributed by atoms with van der Waals surface area (Å²) in [4.78, 5) is 27.5. The smallest absolute Gasteiger partial charge is 0.257 e. The Kier molecular flexibility index (Phi) is 5.40. The first-order valence-corrected chi connectivity index (χ1v) is 9.96. The van der Waals surface area contributed by atoms with E-state index in [4.69, 9.17) is 10.5 Å². The molecule has 7 nitrogen and oxygen atoms in total. The molecule has 2 amide bonds. The van der Waals surface area contributed by atoms with Gasteiger partial charge < -0.3 is 26.0 Å². The fourth-order valence-corrected chi connectivity index (χ4v) is 3.34. The van der Waals surface area contributed by atoms with Crippen molar-refractivity contribution < 1.29 is 14.3 Å². The van der Waals surface area contributed by atoms with Crippen LogP contribution in [0.25, 0.3) is 0 Å². The molecule has 0 aromatic heterocycles. The van der Waals surface area contributed by atoms with Gasteiger partial charge in [-0.25, -0.2) is 0 Å². The van der Waals surface area contributed by atoms with E-state index in [1.54, 1.807) is 18.2 Å². The molecule has 0 spiro atoms. The molecule has 1 heterocycles. The van der Waals surface area contributed by atoms with Crippen LogP contribution in [-0.4, -0.2) is 44.2 Å². The van der Waals surface area contributed by atoms with Crippen molar-refractivity contribution in [3.63, 3.8) is 0 Å². The van der Waals surface area contributed by atoms with Gasteiger partial charge in [0.2, 0.25) is 0 Å². The number of ether oxygens (including phenoxy) is 1. The van der Waals surface area contributed by atoms with Crippen LogP contribution < -0.4 is 21.3 Å². The third-order valence-corrected chi connectivity index (χ3v) is 5.32. The maximum Gasteiger partial charge on any atom is 0.257 e. The Labute approximate surface area is 170 Å². The highest BCUT2D eigenvalue weighted by molar-refractivity contribution is 6.09. The summed E-state index contributed by atoms with van der Waals surface area (Å²) >= 11 is 0. The molecule has 1 aliphatic carbocycles. The molecule has 7 heteroatoms. The lowest BCUT2D eigenvalue weighted by Gasteiger charge is -2.29. The predicted octanol–water partition coefficient (Wildman–Crippen LogP) is 2.56. The maximum atomic E-state index is 13.0. The quantitative estimate of drug-likeness (QED) is 0.678. The van der Waals surface area contributed by atoms with Gasteiger partial charge in [-0.15, -0.1) is 0 Å². The first kappa shape index (κ1) is 19.3. The Hall–Kier alpha value is -3.06. The summed E-state index contributed by atoms with van der Waals surface area (Å²) in [5.74, 6) is -0.405. The molecule has 2 aromatic rings. The van der Waals surface area contributed by atoms with Crippen molar-refractivity contribution in [1.82, 2.24) is 5.32 Å². The zero-order chi connectivity index (χ0) is 20.4. The number of rotatable bonds is 5. The third kappa shape index (κ3) is 4.51. The van der Waals surface area contributed by atoms with Crippen molar-refractivity contribution in [3.05, 3.63) is 53.1 Å². The minimum atomic E-state index is -0.291. The van der Waals surface area contributed by atoms with Gasteiger partial charge in [-0.05, 0) is 55.7 Å². The van der Waals surface area contributed by atoms with Gasteiger partial charge >= 0.3 is 0 Å². The van der Waals surface area contributed by atoms with Gasteiger partial charge in [0, 0.05) is 41.8 Å². The Morgan fingerprint density at radius 2 is 1.83 bits per heavy atom. The number of nitrogens with zero attached hydrogens (tertiary/aromatic N) is 1. The van der Waals surface area contributed by atoms with Crippen LogP contribution in [0.5, 0.6) is 0 Å². The lowest BCUT2D eigenvalue weighted by atomic mass is 10.1. The Bertz CT molecular complexity index is 934. The fourth-order valence-electron chi connectivity index (χ4n) is 3.34. The molecule has 4 N–H and O–H groups in total. The number of amides is 2. The monoisotopic (exact) mass is 394 g/mol. The van der Waals surface area contributed by atoms with Gasteiger partial charge in [-0.1, -0.05) is 6.07 Å². The van der Waals surface area contributed by atoms with Crippen molar-refractivity contribution in [2.45, 2.75) is 25.8 Å².